The highest BCUT2D eigenvalue weighted by molar-refractivity contribution is 5.80. The van der Waals surface area contributed by atoms with Gasteiger partial charge in [0.2, 0.25) is 0 Å². The fraction of sp³-hybridized carbons (Fsp3) is 0.640. The van der Waals surface area contributed by atoms with E-state index in [1.807, 2.05) is 30.3 Å². The lowest BCUT2D eigenvalue weighted by molar-refractivity contribution is -0.153. The third-order valence-electron chi connectivity index (χ3n) is 4.26. The third kappa shape index (κ3) is 19.4. The normalized spacial score (nSPS) is 11.0. The van der Waals surface area contributed by atoms with Gasteiger partial charge in [-0.05, 0) is 39.2 Å². The monoisotopic (exact) mass is 511 g/mol. The molecule has 36 heavy (non-hydrogen) atoms. The maximum Gasteiger partial charge on any atom is 0.407 e. The smallest absolute Gasteiger partial charge is 0.407 e. The lowest BCUT2D eigenvalue weighted by Crippen LogP contribution is -2.40. The molecule has 0 aliphatic heterocycles. The molecule has 1 rings (SSSR count). The van der Waals surface area contributed by atoms with Crippen molar-refractivity contribution in [2.24, 2.45) is 0 Å². The molecule has 1 aromatic rings. The van der Waals surface area contributed by atoms with Crippen LogP contribution in [0.5, 0.6) is 0 Å². The number of hydrogen-bond acceptors (Lipinski definition) is 8. The highest BCUT2D eigenvalue weighted by atomic mass is 16.6. The first-order chi connectivity index (χ1) is 17.3. The van der Waals surface area contributed by atoms with Crippen molar-refractivity contribution in [3.63, 3.8) is 0 Å². The number of ether oxygens (including phenoxy) is 5. The van der Waals surface area contributed by atoms with Gasteiger partial charge in [-0.15, -0.1) is 0 Å². The number of nitrogens with one attached hydrogen (secondary N) is 3. The van der Waals surface area contributed by atoms with Crippen LogP contribution in [0.4, 0.5) is 9.59 Å². The molecular weight excluding hydrogens is 470 g/mol. The number of urea groups is 1. The van der Waals surface area contributed by atoms with E-state index >= 15 is 0 Å². The van der Waals surface area contributed by atoms with Crippen LogP contribution in [-0.4, -0.2) is 83.0 Å². The zero-order valence-electron chi connectivity index (χ0n) is 21.6. The number of carbonyl (C=O) groups is 3. The zero-order valence-corrected chi connectivity index (χ0v) is 21.6. The standard InChI is InChI=1S/C25H41N3O8/c1-25(2,3)36-22(29)19-28-23(30)26-11-7-13-32-15-17-34-18-16-33-14-8-12-27-24(31)35-20-21-9-5-4-6-10-21/h4-6,9-10H,7-8,11-20H2,1-3H3,(H,27,31)(H2,26,28,30). The minimum atomic E-state index is -0.581. The molecule has 0 fully saturated rings. The van der Waals surface area contributed by atoms with Crippen molar-refractivity contribution in [3.8, 4) is 0 Å². The molecule has 0 unspecified atom stereocenters. The molecule has 0 aromatic heterocycles. The van der Waals surface area contributed by atoms with Crippen molar-refractivity contribution in [1.82, 2.24) is 16.0 Å². The Labute approximate surface area is 213 Å². The molecule has 11 heteroatoms. The van der Waals surface area contributed by atoms with Crippen molar-refractivity contribution in [1.29, 1.82) is 0 Å². The van der Waals surface area contributed by atoms with Gasteiger partial charge in [0.05, 0.1) is 26.4 Å². The Balaban J connectivity index is 1.79. The first-order valence-electron chi connectivity index (χ1n) is 12.2. The van der Waals surface area contributed by atoms with Crippen LogP contribution in [-0.2, 0) is 35.1 Å². The average molecular weight is 512 g/mol. The van der Waals surface area contributed by atoms with Crippen molar-refractivity contribution in [2.45, 2.75) is 45.8 Å². The van der Waals surface area contributed by atoms with Gasteiger partial charge in [-0.1, -0.05) is 30.3 Å². The number of alkyl carbamates (subject to hydrolysis) is 1. The first kappa shape index (κ1) is 31.1. The zero-order chi connectivity index (χ0) is 26.5. The minimum absolute atomic E-state index is 0.179. The van der Waals surface area contributed by atoms with Gasteiger partial charge in [0.15, 0.2) is 0 Å². The van der Waals surface area contributed by atoms with Gasteiger partial charge in [0, 0.05) is 26.3 Å². The molecule has 0 aliphatic carbocycles. The van der Waals surface area contributed by atoms with E-state index in [1.165, 1.54) is 0 Å². The van der Waals surface area contributed by atoms with Crippen molar-refractivity contribution < 1.29 is 38.1 Å². The summed E-state index contributed by atoms with van der Waals surface area (Å²) < 4.78 is 26.5. The van der Waals surface area contributed by atoms with Gasteiger partial charge in [0.1, 0.15) is 18.8 Å². The second-order valence-electron chi connectivity index (χ2n) is 8.73. The molecule has 0 spiro atoms. The molecule has 3 amide bonds. The molecule has 0 atom stereocenters. The summed E-state index contributed by atoms with van der Waals surface area (Å²) in [6, 6.07) is 9.07. The van der Waals surface area contributed by atoms with Crippen LogP contribution in [0, 0.1) is 0 Å². The van der Waals surface area contributed by atoms with Crippen LogP contribution in [0.3, 0.4) is 0 Å². The van der Waals surface area contributed by atoms with Gasteiger partial charge >= 0.3 is 18.1 Å². The molecular formula is C25H41N3O8. The molecule has 0 saturated heterocycles. The molecule has 3 N–H and O–H groups in total. The minimum Gasteiger partial charge on any atom is -0.459 e. The van der Waals surface area contributed by atoms with E-state index in [0.29, 0.717) is 65.6 Å². The second-order valence-corrected chi connectivity index (χ2v) is 8.73. The number of benzene rings is 1. The van der Waals surface area contributed by atoms with E-state index in [1.54, 1.807) is 20.8 Å². The molecule has 0 bridgehead atoms. The van der Waals surface area contributed by atoms with Gasteiger partial charge < -0.3 is 39.6 Å². The van der Waals surface area contributed by atoms with Crippen molar-refractivity contribution in [3.05, 3.63) is 35.9 Å². The van der Waals surface area contributed by atoms with Crippen molar-refractivity contribution >= 4 is 18.1 Å². The molecule has 0 radical (unpaired) electrons. The predicted octanol–water partition coefficient (Wildman–Crippen LogP) is 2.38. The van der Waals surface area contributed by atoms with E-state index in [9.17, 15) is 14.4 Å². The first-order valence-corrected chi connectivity index (χ1v) is 12.2. The number of amides is 3. The Morgan fingerprint density at radius 1 is 0.750 bits per heavy atom. The molecule has 0 heterocycles. The third-order valence-corrected chi connectivity index (χ3v) is 4.26. The maximum absolute atomic E-state index is 11.6. The maximum atomic E-state index is 11.6. The quantitative estimate of drug-likeness (QED) is 0.202. The van der Waals surface area contributed by atoms with E-state index in [-0.39, 0.29) is 13.2 Å². The Morgan fingerprint density at radius 3 is 1.89 bits per heavy atom. The molecule has 0 saturated carbocycles. The summed E-state index contributed by atoms with van der Waals surface area (Å²) in [4.78, 5) is 34.7. The molecule has 0 aliphatic rings. The van der Waals surface area contributed by atoms with Crippen LogP contribution in [0.2, 0.25) is 0 Å². The van der Waals surface area contributed by atoms with E-state index < -0.39 is 23.7 Å². The Kier molecular flexibility index (Phi) is 16.7. The van der Waals surface area contributed by atoms with E-state index in [2.05, 4.69) is 16.0 Å². The fourth-order valence-corrected chi connectivity index (χ4v) is 2.65. The summed E-state index contributed by atoms with van der Waals surface area (Å²) in [5.41, 5.74) is 0.360. The number of hydrogen-bond donors (Lipinski definition) is 3. The Bertz CT molecular complexity index is 741. The van der Waals surface area contributed by atoms with Crippen LogP contribution in [0.25, 0.3) is 0 Å². The van der Waals surface area contributed by atoms with Crippen LogP contribution in [0.15, 0.2) is 30.3 Å². The Hall–Kier alpha value is -2.89. The van der Waals surface area contributed by atoms with Gasteiger partial charge in [0.25, 0.3) is 0 Å². The second kappa shape index (κ2) is 19.3. The number of esters is 1. The summed E-state index contributed by atoms with van der Waals surface area (Å²) in [5, 5.41) is 7.77. The predicted molar refractivity (Wildman–Crippen MR) is 134 cm³/mol. The molecule has 204 valence electrons. The average Bonchev–Trinajstić information content (AvgIpc) is 2.83. The van der Waals surface area contributed by atoms with Crippen LogP contribution in [0.1, 0.15) is 39.2 Å². The lowest BCUT2D eigenvalue weighted by Gasteiger charge is -2.19. The van der Waals surface area contributed by atoms with Gasteiger partial charge in [-0.2, -0.15) is 0 Å². The van der Waals surface area contributed by atoms with Gasteiger partial charge in [-0.25, -0.2) is 9.59 Å². The number of carbonyl (C=O) groups excluding carboxylic acids is 3. The highest BCUT2D eigenvalue weighted by Gasteiger charge is 2.16. The van der Waals surface area contributed by atoms with Crippen LogP contribution < -0.4 is 16.0 Å². The van der Waals surface area contributed by atoms with Crippen molar-refractivity contribution in [2.75, 3.05) is 59.3 Å². The Morgan fingerprint density at radius 2 is 1.31 bits per heavy atom. The van der Waals surface area contributed by atoms with E-state index in [0.717, 1.165) is 5.56 Å². The summed E-state index contributed by atoms with van der Waals surface area (Å²) in [6.07, 6.45) is 0.868. The van der Waals surface area contributed by atoms with Crippen LogP contribution >= 0.6 is 0 Å². The number of rotatable bonds is 18. The summed E-state index contributed by atoms with van der Waals surface area (Å²) in [5.74, 6) is -0.486. The summed E-state index contributed by atoms with van der Waals surface area (Å²) in [6.45, 7) is 9.05. The highest BCUT2D eigenvalue weighted by Crippen LogP contribution is 2.06. The summed E-state index contributed by atoms with van der Waals surface area (Å²) >= 11 is 0. The lowest BCUT2D eigenvalue weighted by atomic mass is 10.2. The fourth-order valence-electron chi connectivity index (χ4n) is 2.65. The topological polar surface area (TPSA) is 133 Å². The largest absolute Gasteiger partial charge is 0.459 e. The van der Waals surface area contributed by atoms with E-state index in [4.69, 9.17) is 23.7 Å². The SMILES string of the molecule is CC(C)(C)OC(=O)CNC(=O)NCCCOCCOCCOCCCNC(=O)OCc1ccccc1. The molecule has 1 aromatic carbocycles. The summed E-state index contributed by atoms with van der Waals surface area (Å²) in [7, 11) is 0. The molecule has 11 nitrogen and oxygen atoms in total. The van der Waals surface area contributed by atoms with Gasteiger partial charge in [-0.3, -0.25) is 4.79 Å².